The van der Waals surface area contributed by atoms with Crippen molar-refractivity contribution in [2.45, 2.75) is 53.1 Å². The molecule has 1 amide bonds. The van der Waals surface area contributed by atoms with Crippen molar-refractivity contribution in [3.05, 3.63) is 0 Å². The molecule has 106 valence electrons. The van der Waals surface area contributed by atoms with Crippen molar-refractivity contribution >= 4 is 11.9 Å². The predicted molar refractivity (Wildman–Crippen MR) is 71.5 cm³/mol. The number of amides is 1. The summed E-state index contributed by atoms with van der Waals surface area (Å²) in [6.07, 6.45) is 0.0592. The van der Waals surface area contributed by atoms with E-state index in [-0.39, 0.29) is 24.4 Å². The van der Waals surface area contributed by atoms with Crippen LogP contribution in [0, 0.1) is 0 Å². The third-order valence-corrected chi connectivity index (χ3v) is 3.33. The minimum absolute atomic E-state index is 0.0592. The molecule has 2 unspecified atom stereocenters. The van der Waals surface area contributed by atoms with Gasteiger partial charge >= 0.3 is 5.97 Å². The summed E-state index contributed by atoms with van der Waals surface area (Å²) in [6.45, 7) is 11.6. The second-order valence-electron chi connectivity index (χ2n) is 4.46. The first-order valence-electron chi connectivity index (χ1n) is 6.65. The second kappa shape index (κ2) is 8.08. The molecule has 0 aliphatic heterocycles. The average molecular weight is 258 g/mol. The van der Waals surface area contributed by atoms with Crippen LogP contribution >= 0.6 is 0 Å². The Balaban J connectivity index is 4.73. The average Bonchev–Trinajstić information content (AvgIpc) is 2.30. The molecule has 0 rings (SSSR count). The zero-order valence-corrected chi connectivity index (χ0v) is 12.1. The van der Waals surface area contributed by atoms with Gasteiger partial charge in [0, 0.05) is 19.1 Å². The van der Waals surface area contributed by atoms with Gasteiger partial charge in [0.2, 0.25) is 5.91 Å². The second-order valence-corrected chi connectivity index (χ2v) is 4.46. The maximum atomic E-state index is 12.2. The lowest BCUT2D eigenvalue weighted by Crippen LogP contribution is -2.50. The standard InChI is InChI=1S/C13H26N2O3/c1-6-14(7-2)13(18)11(5)15(8-3)10(4)9-12(16)17/h10-11H,6-9H2,1-5H3,(H,16,17). The first kappa shape index (κ1) is 16.9. The smallest absolute Gasteiger partial charge is 0.304 e. The number of hydrogen-bond acceptors (Lipinski definition) is 3. The van der Waals surface area contributed by atoms with E-state index in [2.05, 4.69) is 0 Å². The first-order chi connectivity index (χ1) is 8.38. The SMILES string of the molecule is CCN(CC)C(=O)C(C)N(CC)C(C)CC(=O)O. The zero-order valence-electron chi connectivity index (χ0n) is 12.1. The maximum absolute atomic E-state index is 12.2. The van der Waals surface area contributed by atoms with E-state index in [1.54, 1.807) is 4.90 Å². The highest BCUT2D eigenvalue weighted by atomic mass is 16.4. The lowest BCUT2D eigenvalue weighted by atomic mass is 10.1. The Labute approximate surface area is 110 Å². The Hall–Kier alpha value is -1.10. The van der Waals surface area contributed by atoms with Crippen molar-refractivity contribution < 1.29 is 14.7 Å². The number of carbonyl (C=O) groups is 2. The topological polar surface area (TPSA) is 60.9 Å². The van der Waals surface area contributed by atoms with Crippen molar-refractivity contribution in [3.63, 3.8) is 0 Å². The van der Waals surface area contributed by atoms with Crippen LogP contribution in [-0.4, -0.2) is 58.5 Å². The van der Waals surface area contributed by atoms with Gasteiger partial charge in [-0.2, -0.15) is 0 Å². The van der Waals surface area contributed by atoms with Gasteiger partial charge in [0.05, 0.1) is 12.5 Å². The molecule has 0 aromatic rings. The highest BCUT2D eigenvalue weighted by Crippen LogP contribution is 2.11. The van der Waals surface area contributed by atoms with Gasteiger partial charge in [-0.05, 0) is 34.2 Å². The number of rotatable bonds is 8. The number of carboxylic acids is 1. The van der Waals surface area contributed by atoms with Crippen LogP contribution in [0.5, 0.6) is 0 Å². The van der Waals surface area contributed by atoms with E-state index < -0.39 is 5.97 Å². The van der Waals surface area contributed by atoms with Crippen LogP contribution in [0.15, 0.2) is 0 Å². The van der Waals surface area contributed by atoms with Gasteiger partial charge in [0.1, 0.15) is 0 Å². The van der Waals surface area contributed by atoms with Crippen molar-refractivity contribution in [3.8, 4) is 0 Å². The van der Waals surface area contributed by atoms with E-state index in [9.17, 15) is 9.59 Å². The molecular weight excluding hydrogens is 232 g/mol. The molecule has 5 nitrogen and oxygen atoms in total. The Morgan fingerprint density at radius 3 is 1.89 bits per heavy atom. The number of nitrogens with zero attached hydrogens (tertiary/aromatic N) is 2. The molecule has 0 bridgehead atoms. The van der Waals surface area contributed by atoms with E-state index in [4.69, 9.17) is 5.11 Å². The molecule has 0 saturated heterocycles. The largest absolute Gasteiger partial charge is 0.481 e. The van der Waals surface area contributed by atoms with E-state index in [0.29, 0.717) is 19.6 Å². The van der Waals surface area contributed by atoms with Crippen LogP contribution in [-0.2, 0) is 9.59 Å². The highest BCUT2D eigenvalue weighted by Gasteiger charge is 2.27. The third kappa shape index (κ3) is 4.64. The molecule has 0 radical (unpaired) electrons. The number of hydrogen-bond donors (Lipinski definition) is 1. The van der Waals surface area contributed by atoms with E-state index in [0.717, 1.165) is 0 Å². The third-order valence-electron chi connectivity index (χ3n) is 3.33. The molecule has 0 aliphatic carbocycles. The summed E-state index contributed by atoms with van der Waals surface area (Å²) in [5.74, 6) is -0.762. The molecular formula is C13H26N2O3. The molecule has 0 fully saturated rings. The minimum atomic E-state index is -0.830. The fourth-order valence-electron chi connectivity index (χ4n) is 2.28. The van der Waals surface area contributed by atoms with Gasteiger partial charge in [-0.3, -0.25) is 14.5 Å². The Morgan fingerprint density at radius 1 is 1.06 bits per heavy atom. The number of likely N-dealkylation sites (N-methyl/N-ethyl adjacent to an activating group) is 2. The van der Waals surface area contributed by atoms with Gasteiger partial charge in [-0.15, -0.1) is 0 Å². The molecule has 0 aliphatic rings. The monoisotopic (exact) mass is 258 g/mol. The quantitative estimate of drug-likeness (QED) is 0.715. The van der Waals surface area contributed by atoms with Gasteiger partial charge in [0.15, 0.2) is 0 Å². The highest BCUT2D eigenvalue weighted by molar-refractivity contribution is 5.81. The summed E-state index contributed by atoms with van der Waals surface area (Å²) in [6, 6.07) is -0.411. The van der Waals surface area contributed by atoms with Crippen LogP contribution in [0.4, 0.5) is 0 Å². The molecule has 0 spiro atoms. The summed E-state index contributed by atoms with van der Waals surface area (Å²) in [7, 11) is 0. The number of carbonyl (C=O) groups excluding carboxylic acids is 1. The summed E-state index contributed by atoms with van der Waals surface area (Å²) < 4.78 is 0. The normalized spacial score (nSPS) is 14.3. The van der Waals surface area contributed by atoms with Gasteiger partial charge in [-0.25, -0.2) is 0 Å². The molecule has 5 heteroatoms. The predicted octanol–water partition coefficient (Wildman–Crippen LogP) is 1.43. The summed E-state index contributed by atoms with van der Waals surface area (Å²) >= 11 is 0. The summed E-state index contributed by atoms with van der Waals surface area (Å²) in [4.78, 5) is 26.7. The zero-order chi connectivity index (χ0) is 14.3. The van der Waals surface area contributed by atoms with E-state index in [1.165, 1.54) is 0 Å². The van der Waals surface area contributed by atoms with Crippen molar-refractivity contribution in [1.82, 2.24) is 9.80 Å². The van der Waals surface area contributed by atoms with Crippen LogP contribution < -0.4 is 0 Å². The first-order valence-corrected chi connectivity index (χ1v) is 6.65. The molecule has 2 atom stereocenters. The van der Waals surface area contributed by atoms with Crippen molar-refractivity contribution in [2.24, 2.45) is 0 Å². The van der Waals surface area contributed by atoms with E-state index in [1.807, 2.05) is 39.5 Å². The van der Waals surface area contributed by atoms with Crippen molar-refractivity contribution in [1.29, 1.82) is 0 Å². The molecule has 0 aromatic heterocycles. The summed E-state index contributed by atoms with van der Waals surface area (Å²) in [5.41, 5.74) is 0. The lowest BCUT2D eigenvalue weighted by Gasteiger charge is -2.34. The Morgan fingerprint density at radius 2 is 1.56 bits per heavy atom. The summed E-state index contributed by atoms with van der Waals surface area (Å²) in [5, 5.41) is 8.83. The Bertz CT molecular complexity index is 277. The fourth-order valence-corrected chi connectivity index (χ4v) is 2.28. The molecule has 0 heterocycles. The van der Waals surface area contributed by atoms with Crippen LogP contribution in [0.25, 0.3) is 0 Å². The molecule has 18 heavy (non-hydrogen) atoms. The van der Waals surface area contributed by atoms with Crippen molar-refractivity contribution in [2.75, 3.05) is 19.6 Å². The number of aliphatic carboxylic acids is 1. The minimum Gasteiger partial charge on any atom is -0.481 e. The Kier molecular flexibility index (Phi) is 7.59. The van der Waals surface area contributed by atoms with Crippen LogP contribution in [0.2, 0.25) is 0 Å². The molecule has 0 saturated carbocycles. The fraction of sp³-hybridized carbons (Fsp3) is 0.846. The lowest BCUT2D eigenvalue weighted by molar-refractivity contribution is -0.141. The maximum Gasteiger partial charge on any atom is 0.304 e. The van der Waals surface area contributed by atoms with Gasteiger partial charge in [-0.1, -0.05) is 6.92 Å². The van der Waals surface area contributed by atoms with Gasteiger partial charge in [0.25, 0.3) is 0 Å². The van der Waals surface area contributed by atoms with Crippen LogP contribution in [0.3, 0.4) is 0 Å². The molecule has 1 N–H and O–H groups in total. The van der Waals surface area contributed by atoms with Gasteiger partial charge < -0.3 is 10.0 Å². The number of carboxylic acid groups (broad SMARTS) is 1. The molecule has 0 aromatic carbocycles. The van der Waals surface area contributed by atoms with Crippen LogP contribution in [0.1, 0.15) is 41.0 Å². The van der Waals surface area contributed by atoms with E-state index >= 15 is 0 Å².